The van der Waals surface area contributed by atoms with Crippen LogP contribution < -0.4 is 5.32 Å². The zero-order chi connectivity index (χ0) is 12.3. The van der Waals surface area contributed by atoms with Crippen LogP contribution >= 0.6 is 0 Å². The third kappa shape index (κ3) is 3.43. The lowest BCUT2D eigenvalue weighted by atomic mass is 9.85. The molecule has 2 N–H and O–H groups in total. The lowest BCUT2D eigenvalue weighted by molar-refractivity contribution is 0.0167. The molecule has 0 amide bonds. The van der Waals surface area contributed by atoms with Crippen molar-refractivity contribution in [3.05, 3.63) is 29.6 Å². The van der Waals surface area contributed by atoms with Crippen molar-refractivity contribution < 1.29 is 9.50 Å². The highest BCUT2D eigenvalue weighted by molar-refractivity contribution is 5.46. The molecule has 0 heterocycles. The van der Waals surface area contributed by atoms with Crippen LogP contribution in [0.25, 0.3) is 0 Å². The predicted octanol–water partition coefficient (Wildman–Crippen LogP) is 3.24. The number of rotatable bonds is 3. The fraction of sp³-hybridized carbons (Fsp3) is 0.571. The van der Waals surface area contributed by atoms with Gasteiger partial charge in [-0.05, 0) is 43.5 Å². The Hall–Kier alpha value is -1.09. The van der Waals surface area contributed by atoms with Crippen molar-refractivity contribution in [2.24, 2.45) is 0 Å². The van der Waals surface area contributed by atoms with Gasteiger partial charge in [-0.2, -0.15) is 0 Å². The number of aryl methyl sites for hydroxylation is 1. The second kappa shape index (κ2) is 5.05. The lowest BCUT2D eigenvalue weighted by Gasteiger charge is -2.32. The maximum atomic E-state index is 13.2. The van der Waals surface area contributed by atoms with Gasteiger partial charge in [0.15, 0.2) is 0 Å². The average Bonchev–Trinajstić information content (AvgIpc) is 2.26. The van der Waals surface area contributed by atoms with Crippen LogP contribution in [0.4, 0.5) is 10.1 Å². The summed E-state index contributed by atoms with van der Waals surface area (Å²) in [5.74, 6) is -0.233. The third-order valence-electron chi connectivity index (χ3n) is 3.45. The standard InChI is InChI=1S/C14H20FNO/c1-11-7-12(15)9-13(8-11)16-10-14(17)5-3-2-4-6-14/h7-9,16-17H,2-6,10H2,1H3. The molecule has 3 heteroatoms. The van der Waals surface area contributed by atoms with E-state index < -0.39 is 5.60 Å². The molecule has 1 fully saturated rings. The van der Waals surface area contributed by atoms with E-state index in [1.54, 1.807) is 0 Å². The van der Waals surface area contributed by atoms with Crippen LogP contribution in [-0.2, 0) is 0 Å². The fourth-order valence-corrected chi connectivity index (χ4v) is 2.49. The van der Waals surface area contributed by atoms with Gasteiger partial charge in [0, 0.05) is 12.2 Å². The van der Waals surface area contributed by atoms with Crippen molar-refractivity contribution in [1.82, 2.24) is 0 Å². The van der Waals surface area contributed by atoms with Gasteiger partial charge in [-0.25, -0.2) is 4.39 Å². The summed E-state index contributed by atoms with van der Waals surface area (Å²) in [5, 5.41) is 13.5. The average molecular weight is 237 g/mol. The van der Waals surface area contributed by atoms with Gasteiger partial charge in [0.25, 0.3) is 0 Å². The molecule has 0 aliphatic heterocycles. The molecule has 1 saturated carbocycles. The van der Waals surface area contributed by atoms with Gasteiger partial charge < -0.3 is 10.4 Å². The largest absolute Gasteiger partial charge is 0.388 e. The monoisotopic (exact) mass is 237 g/mol. The Labute approximate surface area is 102 Å². The van der Waals surface area contributed by atoms with Gasteiger partial charge in [-0.3, -0.25) is 0 Å². The highest BCUT2D eigenvalue weighted by Crippen LogP contribution is 2.28. The molecule has 0 saturated heterocycles. The summed E-state index contributed by atoms with van der Waals surface area (Å²) in [6, 6.07) is 4.87. The minimum absolute atomic E-state index is 0.233. The first-order chi connectivity index (χ1) is 8.07. The maximum Gasteiger partial charge on any atom is 0.125 e. The van der Waals surface area contributed by atoms with E-state index in [-0.39, 0.29) is 5.82 Å². The van der Waals surface area contributed by atoms with E-state index in [4.69, 9.17) is 0 Å². The first kappa shape index (κ1) is 12.4. The van der Waals surface area contributed by atoms with E-state index in [0.29, 0.717) is 6.54 Å². The number of nitrogens with one attached hydrogen (secondary N) is 1. The molecule has 1 aliphatic carbocycles. The van der Waals surface area contributed by atoms with Gasteiger partial charge in [0.1, 0.15) is 5.82 Å². The zero-order valence-corrected chi connectivity index (χ0v) is 10.3. The second-order valence-electron chi connectivity index (χ2n) is 5.16. The van der Waals surface area contributed by atoms with E-state index >= 15 is 0 Å². The smallest absolute Gasteiger partial charge is 0.125 e. The number of halogens is 1. The Morgan fingerprint density at radius 1 is 1.24 bits per heavy atom. The second-order valence-corrected chi connectivity index (χ2v) is 5.16. The third-order valence-corrected chi connectivity index (χ3v) is 3.45. The van der Waals surface area contributed by atoms with Crippen molar-refractivity contribution in [1.29, 1.82) is 0 Å². The minimum atomic E-state index is -0.613. The summed E-state index contributed by atoms with van der Waals surface area (Å²) in [6.07, 6.45) is 5.06. The summed E-state index contributed by atoms with van der Waals surface area (Å²) < 4.78 is 13.2. The van der Waals surface area contributed by atoms with E-state index in [9.17, 15) is 9.50 Å². The van der Waals surface area contributed by atoms with E-state index in [1.807, 2.05) is 13.0 Å². The van der Waals surface area contributed by atoms with E-state index in [0.717, 1.165) is 36.9 Å². The van der Waals surface area contributed by atoms with Crippen molar-refractivity contribution in [2.75, 3.05) is 11.9 Å². The minimum Gasteiger partial charge on any atom is -0.388 e. The molecular weight excluding hydrogens is 217 g/mol. The van der Waals surface area contributed by atoms with Crippen LogP contribution in [0.1, 0.15) is 37.7 Å². The number of aliphatic hydroxyl groups is 1. The van der Waals surface area contributed by atoms with Crippen molar-refractivity contribution >= 4 is 5.69 Å². The molecule has 0 aromatic heterocycles. The molecule has 1 aromatic rings. The molecule has 0 unspecified atom stereocenters. The predicted molar refractivity (Wildman–Crippen MR) is 67.7 cm³/mol. The SMILES string of the molecule is Cc1cc(F)cc(NCC2(O)CCCCC2)c1. The molecule has 94 valence electrons. The molecule has 17 heavy (non-hydrogen) atoms. The van der Waals surface area contributed by atoms with Gasteiger partial charge >= 0.3 is 0 Å². The first-order valence-corrected chi connectivity index (χ1v) is 6.31. The summed E-state index contributed by atoms with van der Waals surface area (Å²) in [5.41, 5.74) is 1.03. The molecule has 1 aliphatic rings. The lowest BCUT2D eigenvalue weighted by Crippen LogP contribution is -2.38. The van der Waals surface area contributed by atoms with Gasteiger partial charge in [0.2, 0.25) is 0 Å². The van der Waals surface area contributed by atoms with Gasteiger partial charge in [-0.15, -0.1) is 0 Å². The molecule has 0 spiro atoms. The number of benzene rings is 1. The molecule has 1 aromatic carbocycles. The topological polar surface area (TPSA) is 32.3 Å². The Bertz CT molecular complexity index is 366. The van der Waals surface area contributed by atoms with Crippen LogP contribution in [0.2, 0.25) is 0 Å². The zero-order valence-electron chi connectivity index (χ0n) is 10.3. The summed E-state index contributed by atoms with van der Waals surface area (Å²) in [4.78, 5) is 0. The molecule has 2 nitrogen and oxygen atoms in total. The number of hydrogen-bond acceptors (Lipinski definition) is 2. The van der Waals surface area contributed by atoms with Crippen LogP contribution in [-0.4, -0.2) is 17.3 Å². The molecular formula is C14H20FNO. The van der Waals surface area contributed by atoms with Crippen molar-refractivity contribution in [3.63, 3.8) is 0 Å². The fourth-order valence-electron chi connectivity index (χ4n) is 2.49. The van der Waals surface area contributed by atoms with Crippen LogP contribution in [0.3, 0.4) is 0 Å². The molecule has 2 rings (SSSR count). The van der Waals surface area contributed by atoms with Gasteiger partial charge in [-0.1, -0.05) is 19.3 Å². The quantitative estimate of drug-likeness (QED) is 0.845. The highest BCUT2D eigenvalue weighted by Gasteiger charge is 2.28. The summed E-state index contributed by atoms with van der Waals surface area (Å²) in [7, 11) is 0. The van der Waals surface area contributed by atoms with Crippen molar-refractivity contribution in [2.45, 2.75) is 44.6 Å². The Morgan fingerprint density at radius 2 is 1.94 bits per heavy atom. The molecule has 0 radical (unpaired) electrons. The Kier molecular flexibility index (Phi) is 3.67. The van der Waals surface area contributed by atoms with Crippen LogP contribution in [0.5, 0.6) is 0 Å². The summed E-state index contributed by atoms with van der Waals surface area (Å²) in [6.45, 7) is 2.37. The molecule has 0 bridgehead atoms. The maximum absolute atomic E-state index is 13.2. The van der Waals surface area contributed by atoms with E-state index in [1.165, 1.54) is 18.6 Å². The Morgan fingerprint density at radius 3 is 2.59 bits per heavy atom. The van der Waals surface area contributed by atoms with Crippen LogP contribution in [0.15, 0.2) is 18.2 Å². The summed E-state index contributed by atoms with van der Waals surface area (Å²) >= 11 is 0. The van der Waals surface area contributed by atoms with Crippen molar-refractivity contribution in [3.8, 4) is 0 Å². The Balaban J connectivity index is 1.96. The van der Waals surface area contributed by atoms with Gasteiger partial charge in [0.05, 0.1) is 5.60 Å². The number of anilines is 1. The first-order valence-electron chi connectivity index (χ1n) is 6.31. The highest BCUT2D eigenvalue weighted by atomic mass is 19.1. The normalized spacial score (nSPS) is 19.0. The molecule has 0 atom stereocenters. The van der Waals surface area contributed by atoms with Crippen LogP contribution in [0, 0.1) is 12.7 Å². The van der Waals surface area contributed by atoms with E-state index in [2.05, 4.69) is 5.32 Å². The number of hydrogen-bond donors (Lipinski definition) is 2.